The van der Waals surface area contributed by atoms with Crippen molar-refractivity contribution in [3.05, 3.63) is 33.8 Å². The highest BCUT2D eigenvalue weighted by Gasteiger charge is 2.28. The van der Waals surface area contributed by atoms with E-state index in [0.29, 0.717) is 28.2 Å². The van der Waals surface area contributed by atoms with Crippen LogP contribution >= 0.6 is 23.2 Å². The average molecular weight is 257 g/mol. The fourth-order valence-electron chi connectivity index (χ4n) is 1.82. The highest BCUT2D eigenvalue weighted by atomic mass is 35.5. The summed E-state index contributed by atoms with van der Waals surface area (Å²) in [5.74, 6) is 0.768. The van der Waals surface area contributed by atoms with E-state index in [1.165, 1.54) is 0 Å². The molecule has 0 aliphatic heterocycles. The van der Waals surface area contributed by atoms with Crippen molar-refractivity contribution in [3.63, 3.8) is 0 Å². The second kappa shape index (κ2) is 5.20. The van der Waals surface area contributed by atoms with Crippen LogP contribution in [0.15, 0.2) is 18.2 Å². The van der Waals surface area contributed by atoms with Gasteiger partial charge in [-0.3, -0.25) is 4.79 Å². The van der Waals surface area contributed by atoms with Crippen molar-refractivity contribution in [1.82, 2.24) is 0 Å². The first-order chi connectivity index (χ1) is 7.68. The molecule has 1 aromatic rings. The Morgan fingerprint density at radius 1 is 1.25 bits per heavy atom. The molecule has 1 aromatic carbocycles. The van der Waals surface area contributed by atoms with Gasteiger partial charge in [0.05, 0.1) is 0 Å². The molecule has 1 fully saturated rings. The fraction of sp³-hybridized carbons (Fsp3) is 0.462. The van der Waals surface area contributed by atoms with Crippen LogP contribution in [0.3, 0.4) is 0 Å². The van der Waals surface area contributed by atoms with E-state index >= 15 is 0 Å². The molecule has 3 heteroatoms. The minimum absolute atomic E-state index is 0.363. The molecule has 0 aromatic heterocycles. The summed E-state index contributed by atoms with van der Waals surface area (Å²) in [6, 6.07) is 5.51. The second-order valence-electron chi connectivity index (χ2n) is 4.29. The maximum absolute atomic E-state index is 11.5. The highest BCUT2D eigenvalue weighted by Crippen LogP contribution is 2.32. The lowest BCUT2D eigenvalue weighted by molar-refractivity contribution is -0.120. The normalized spacial score (nSPS) is 15.1. The summed E-state index contributed by atoms with van der Waals surface area (Å²) in [4.78, 5) is 11.5. The van der Waals surface area contributed by atoms with Crippen molar-refractivity contribution >= 4 is 29.0 Å². The van der Waals surface area contributed by atoms with Crippen LogP contribution in [0.5, 0.6) is 0 Å². The van der Waals surface area contributed by atoms with Crippen molar-refractivity contribution in [1.29, 1.82) is 0 Å². The summed E-state index contributed by atoms with van der Waals surface area (Å²) in [5, 5.41) is 1.40. The van der Waals surface area contributed by atoms with E-state index in [9.17, 15) is 4.79 Å². The number of rotatable bonds is 5. The van der Waals surface area contributed by atoms with Gasteiger partial charge in [0.1, 0.15) is 5.78 Å². The largest absolute Gasteiger partial charge is 0.299 e. The number of carbonyl (C=O) groups is 1. The van der Waals surface area contributed by atoms with Crippen LogP contribution in [-0.2, 0) is 11.2 Å². The number of hydrogen-bond acceptors (Lipinski definition) is 1. The van der Waals surface area contributed by atoms with Crippen LogP contribution < -0.4 is 0 Å². The van der Waals surface area contributed by atoms with Crippen LogP contribution in [0.2, 0.25) is 10.0 Å². The molecule has 1 aliphatic rings. The lowest BCUT2D eigenvalue weighted by Gasteiger charge is -2.06. The molecule has 0 saturated heterocycles. The Hall–Kier alpha value is -0.530. The molecule has 86 valence electrons. The highest BCUT2D eigenvalue weighted by molar-refractivity contribution is 6.35. The van der Waals surface area contributed by atoms with Gasteiger partial charge in [-0.05, 0) is 43.4 Å². The van der Waals surface area contributed by atoms with Gasteiger partial charge in [0.15, 0.2) is 0 Å². The molecule has 0 bridgehead atoms. The number of Topliss-reactive ketones (excluding diaryl/α,β-unsaturated/α-hetero) is 1. The average Bonchev–Trinajstić information content (AvgIpc) is 3.05. The van der Waals surface area contributed by atoms with Crippen LogP contribution in [0, 0.1) is 5.92 Å². The Bertz CT molecular complexity index is 377. The molecule has 0 radical (unpaired) electrons. The standard InChI is InChI=1S/C13H14Cl2O/c14-11-4-2-5-12(15)10(11)3-1-6-13(16)9-7-8-9/h2,4-5,9H,1,3,6-8H2. The molecule has 1 aliphatic carbocycles. The predicted octanol–water partition coefficient (Wildman–Crippen LogP) is 4.30. The third kappa shape index (κ3) is 2.99. The van der Waals surface area contributed by atoms with Gasteiger partial charge in [-0.15, -0.1) is 0 Å². The van der Waals surface area contributed by atoms with Crippen molar-refractivity contribution in [3.8, 4) is 0 Å². The topological polar surface area (TPSA) is 17.1 Å². The summed E-state index contributed by atoms with van der Waals surface area (Å²) in [7, 11) is 0. The Kier molecular flexibility index (Phi) is 3.88. The van der Waals surface area contributed by atoms with E-state index in [0.717, 1.165) is 31.2 Å². The number of hydrogen-bond donors (Lipinski definition) is 0. The maximum atomic E-state index is 11.5. The van der Waals surface area contributed by atoms with Gasteiger partial charge in [-0.25, -0.2) is 0 Å². The first-order valence-electron chi connectivity index (χ1n) is 5.64. The fourth-order valence-corrected chi connectivity index (χ4v) is 2.41. The van der Waals surface area contributed by atoms with Gasteiger partial charge < -0.3 is 0 Å². The van der Waals surface area contributed by atoms with E-state index in [4.69, 9.17) is 23.2 Å². The van der Waals surface area contributed by atoms with Crippen LogP contribution in [0.25, 0.3) is 0 Å². The molecule has 16 heavy (non-hydrogen) atoms. The van der Waals surface area contributed by atoms with Gasteiger partial charge in [0.25, 0.3) is 0 Å². The zero-order valence-corrected chi connectivity index (χ0v) is 10.5. The zero-order valence-electron chi connectivity index (χ0n) is 9.01. The molecule has 1 nitrogen and oxygen atoms in total. The first-order valence-corrected chi connectivity index (χ1v) is 6.39. The van der Waals surface area contributed by atoms with Crippen LogP contribution in [0.4, 0.5) is 0 Å². The zero-order chi connectivity index (χ0) is 11.5. The molecule has 0 heterocycles. The number of ketones is 1. The summed E-state index contributed by atoms with van der Waals surface area (Å²) in [5.41, 5.74) is 0.967. The maximum Gasteiger partial charge on any atom is 0.135 e. The SMILES string of the molecule is O=C(CCCc1c(Cl)cccc1Cl)C1CC1. The van der Waals surface area contributed by atoms with Crippen molar-refractivity contribution in [2.75, 3.05) is 0 Å². The minimum atomic E-state index is 0.363. The van der Waals surface area contributed by atoms with Crippen molar-refractivity contribution in [2.45, 2.75) is 32.1 Å². The second-order valence-corrected chi connectivity index (χ2v) is 5.11. The summed E-state index contributed by atoms with van der Waals surface area (Å²) >= 11 is 12.1. The van der Waals surface area contributed by atoms with E-state index < -0.39 is 0 Å². The third-order valence-electron chi connectivity index (χ3n) is 2.94. The number of halogens is 2. The van der Waals surface area contributed by atoms with Gasteiger partial charge in [0, 0.05) is 22.4 Å². The van der Waals surface area contributed by atoms with Crippen molar-refractivity contribution < 1.29 is 4.79 Å². The molecule has 0 N–H and O–H groups in total. The molecular formula is C13H14Cl2O. The van der Waals surface area contributed by atoms with Crippen LogP contribution in [0.1, 0.15) is 31.2 Å². The lowest BCUT2D eigenvalue weighted by atomic mass is 10.0. The molecule has 0 atom stereocenters. The summed E-state index contributed by atoms with van der Waals surface area (Å²) < 4.78 is 0. The Labute approximate surface area is 106 Å². The van der Waals surface area contributed by atoms with Crippen molar-refractivity contribution in [2.24, 2.45) is 5.92 Å². The number of benzene rings is 1. The first kappa shape index (κ1) is 11.9. The van der Waals surface area contributed by atoms with Gasteiger partial charge in [-0.2, -0.15) is 0 Å². The Morgan fingerprint density at radius 3 is 2.44 bits per heavy atom. The monoisotopic (exact) mass is 256 g/mol. The predicted molar refractivity (Wildman–Crippen MR) is 67.1 cm³/mol. The molecule has 0 unspecified atom stereocenters. The van der Waals surface area contributed by atoms with Crippen LogP contribution in [-0.4, -0.2) is 5.78 Å². The van der Waals surface area contributed by atoms with E-state index in [1.54, 1.807) is 0 Å². The van der Waals surface area contributed by atoms with Gasteiger partial charge in [-0.1, -0.05) is 29.3 Å². The molecule has 2 rings (SSSR count). The Morgan fingerprint density at radius 2 is 1.88 bits per heavy atom. The van der Waals surface area contributed by atoms with E-state index in [1.807, 2.05) is 18.2 Å². The number of carbonyl (C=O) groups excluding carboxylic acids is 1. The third-order valence-corrected chi connectivity index (χ3v) is 3.65. The lowest BCUT2D eigenvalue weighted by Crippen LogP contribution is -2.01. The Balaban J connectivity index is 1.86. The smallest absolute Gasteiger partial charge is 0.135 e. The summed E-state index contributed by atoms with van der Waals surface area (Å²) in [6.45, 7) is 0. The van der Waals surface area contributed by atoms with Gasteiger partial charge in [0.2, 0.25) is 0 Å². The van der Waals surface area contributed by atoms with Gasteiger partial charge >= 0.3 is 0 Å². The van der Waals surface area contributed by atoms with E-state index in [-0.39, 0.29) is 0 Å². The molecular weight excluding hydrogens is 243 g/mol. The molecule has 1 saturated carbocycles. The summed E-state index contributed by atoms with van der Waals surface area (Å²) in [6.07, 6.45) is 4.47. The van der Waals surface area contributed by atoms with E-state index in [2.05, 4.69) is 0 Å². The quantitative estimate of drug-likeness (QED) is 0.768. The molecule has 0 spiro atoms. The molecule has 0 amide bonds. The minimum Gasteiger partial charge on any atom is -0.299 e.